The number of rotatable bonds is 6. The fourth-order valence-corrected chi connectivity index (χ4v) is 4.22. The summed E-state index contributed by atoms with van der Waals surface area (Å²) in [5.41, 5.74) is 10.1. The van der Waals surface area contributed by atoms with Crippen molar-refractivity contribution in [3.8, 4) is 0 Å². The second-order valence-corrected chi connectivity index (χ2v) is 8.15. The topological polar surface area (TPSA) is 85.2 Å². The number of furan rings is 1. The van der Waals surface area contributed by atoms with Crippen LogP contribution in [0.15, 0.2) is 41.1 Å². The summed E-state index contributed by atoms with van der Waals surface area (Å²) in [5, 5.41) is 0. The molecule has 6 nitrogen and oxygen atoms in total. The van der Waals surface area contributed by atoms with Crippen LogP contribution in [0, 0.1) is 5.92 Å². The SMILES string of the molecule is CCCc1cc2nc(C(=O)Cc3cnccc3N3C[C@H](C)C[C@H](N)C3)ccc2o1. The molecule has 3 aromatic heterocycles. The molecule has 0 saturated carbocycles. The molecule has 4 rings (SSSR count). The number of nitrogens with zero attached hydrogens (tertiary/aromatic N) is 3. The second kappa shape index (κ2) is 8.33. The van der Waals surface area contributed by atoms with Crippen LogP contribution in [0.25, 0.3) is 11.1 Å². The van der Waals surface area contributed by atoms with Gasteiger partial charge in [0, 0.05) is 61.7 Å². The Balaban J connectivity index is 1.56. The van der Waals surface area contributed by atoms with Gasteiger partial charge < -0.3 is 15.1 Å². The Kier molecular flexibility index (Phi) is 5.62. The molecule has 152 valence electrons. The van der Waals surface area contributed by atoms with E-state index >= 15 is 0 Å². The van der Waals surface area contributed by atoms with Crippen LogP contribution in [0.5, 0.6) is 0 Å². The van der Waals surface area contributed by atoms with E-state index in [9.17, 15) is 4.79 Å². The van der Waals surface area contributed by atoms with Gasteiger partial charge in [0.25, 0.3) is 0 Å². The average molecular weight is 393 g/mol. The first-order chi connectivity index (χ1) is 14.0. The number of ketones is 1. The fourth-order valence-electron chi connectivity index (χ4n) is 4.22. The summed E-state index contributed by atoms with van der Waals surface area (Å²) in [6.45, 7) is 6.07. The minimum absolute atomic E-state index is 0.0197. The molecule has 4 heterocycles. The predicted octanol–water partition coefficient (Wildman–Crippen LogP) is 3.77. The van der Waals surface area contributed by atoms with Gasteiger partial charge in [0.15, 0.2) is 11.4 Å². The first-order valence-corrected chi connectivity index (χ1v) is 10.4. The Morgan fingerprint density at radius 1 is 1.31 bits per heavy atom. The molecule has 1 fully saturated rings. The summed E-state index contributed by atoms with van der Waals surface area (Å²) in [6.07, 6.45) is 6.74. The number of nitrogens with two attached hydrogens (primary N) is 1. The summed E-state index contributed by atoms with van der Waals surface area (Å²) in [4.78, 5) is 24.1. The third-order valence-electron chi connectivity index (χ3n) is 5.47. The molecular formula is C23H28N4O2. The van der Waals surface area contributed by atoms with Gasteiger partial charge in [0.1, 0.15) is 17.0 Å². The molecule has 0 unspecified atom stereocenters. The lowest BCUT2D eigenvalue weighted by molar-refractivity contribution is 0.0988. The van der Waals surface area contributed by atoms with Gasteiger partial charge >= 0.3 is 0 Å². The molecule has 2 N–H and O–H groups in total. The van der Waals surface area contributed by atoms with Gasteiger partial charge in [-0.05, 0) is 37.0 Å². The first kappa shape index (κ1) is 19.6. The monoisotopic (exact) mass is 392 g/mol. The fraction of sp³-hybridized carbons (Fsp3) is 0.435. The van der Waals surface area contributed by atoms with Crippen LogP contribution in [0.1, 0.15) is 48.5 Å². The minimum Gasteiger partial charge on any atom is -0.459 e. The Bertz CT molecular complexity index is 1000. The van der Waals surface area contributed by atoms with Crippen molar-refractivity contribution in [1.82, 2.24) is 9.97 Å². The first-order valence-electron chi connectivity index (χ1n) is 10.4. The van der Waals surface area contributed by atoms with Crippen LogP contribution < -0.4 is 10.6 Å². The van der Waals surface area contributed by atoms with Gasteiger partial charge in [0.2, 0.25) is 0 Å². The number of Topliss-reactive ketones (excluding diaryl/α,β-unsaturated/α-hetero) is 1. The van der Waals surface area contributed by atoms with Crippen molar-refractivity contribution in [2.24, 2.45) is 11.7 Å². The molecule has 0 amide bonds. The number of aryl methyl sites for hydroxylation is 1. The van der Waals surface area contributed by atoms with Crippen LogP contribution in [-0.4, -0.2) is 34.9 Å². The molecule has 1 saturated heterocycles. The van der Waals surface area contributed by atoms with Gasteiger partial charge in [-0.25, -0.2) is 4.98 Å². The molecule has 2 atom stereocenters. The number of aromatic nitrogens is 2. The molecule has 1 aliphatic heterocycles. The Morgan fingerprint density at radius 2 is 2.17 bits per heavy atom. The summed E-state index contributed by atoms with van der Waals surface area (Å²) < 4.78 is 5.78. The number of carbonyl (C=O) groups is 1. The molecule has 0 aliphatic carbocycles. The van der Waals surface area contributed by atoms with Crippen molar-refractivity contribution in [3.63, 3.8) is 0 Å². The number of pyridine rings is 2. The number of hydrogen-bond acceptors (Lipinski definition) is 6. The highest BCUT2D eigenvalue weighted by Crippen LogP contribution is 2.27. The van der Waals surface area contributed by atoms with E-state index in [1.807, 2.05) is 18.2 Å². The molecule has 0 radical (unpaired) electrons. The highest BCUT2D eigenvalue weighted by atomic mass is 16.3. The number of piperidine rings is 1. The zero-order valence-electron chi connectivity index (χ0n) is 17.1. The summed E-state index contributed by atoms with van der Waals surface area (Å²) in [6, 6.07) is 7.65. The number of fused-ring (bicyclic) bond motifs is 1. The lowest BCUT2D eigenvalue weighted by Crippen LogP contribution is -2.46. The van der Waals surface area contributed by atoms with Crippen LogP contribution in [0.3, 0.4) is 0 Å². The third-order valence-corrected chi connectivity index (χ3v) is 5.47. The zero-order chi connectivity index (χ0) is 20.4. The summed E-state index contributed by atoms with van der Waals surface area (Å²) in [5.74, 6) is 1.41. The quantitative estimate of drug-likeness (QED) is 0.643. The van der Waals surface area contributed by atoms with E-state index in [4.69, 9.17) is 10.2 Å². The molecule has 1 aliphatic rings. The van der Waals surface area contributed by atoms with E-state index in [-0.39, 0.29) is 18.2 Å². The van der Waals surface area contributed by atoms with Crippen molar-refractivity contribution >= 4 is 22.6 Å². The molecule has 3 aromatic rings. The van der Waals surface area contributed by atoms with E-state index in [0.717, 1.165) is 60.5 Å². The maximum atomic E-state index is 13.0. The normalized spacial score (nSPS) is 19.6. The molecule has 6 heteroatoms. The maximum Gasteiger partial charge on any atom is 0.185 e. The molecular weight excluding hydrogens is 364 g/mol. The van der Waals surface area contributed by atoms with Crippen molar-refractivity contribution in [3.05, 3.63) is 53.7 Å². The van der Waals surface area contributed by atoms with Crippen molar-refractivity contribution in [2.75, 3.05) is 18.0 Å². The van der Waals surface area contributed by atoms with E-state index in [1.165, 1.54) is 0 Å². The standard InChI is InChI=1S/C23H28N4O2/c1-3-4-18-11-20-23(29-18)6-5-19(26-20)22(28)10-16-12-25-8-7-21(16)27-13-15(2)9-17(24)14-27/h5-8,11-12,15,17H,3-4,9-10,13-14,24H2,1-2H3/t15-,17+/m1/s1. The second-order valence-electron chi connectivity index (χ2n) is 8.15. The van der Waals surface area contributed by atoms with E-state index in [1.54, 1.807) is 18.5 Å². The van der Waals surface area contributed by atoms with Crippen molar-refractivity contribution in [1.29, 1.82) is 0 Å². The lowest BCUT2D eigenvalue weighted by atomic mass is 9.95. The molecule has 29 heavy (non-hydrogen) atoms. The van der Waals surface area contributed by atoms with Gasteiger partial charge in [-0.3, -0.25) is 9.78 Å². The maximum absolute atomic E-state index is 13.0. The third kappa shape index (κ3) is 4.32. The average Bonchev–Trinajstić information content (AvgIpc) is 3.09. The van der Waals surface area contributed by atoms with E-state index < -0.39 is 0 Å². The van der Waals surface area contributed by atoms with E-state index in [2.05, 4.69) is 28.7 Å². The van der Waals surface area contributed by atoms with E-state index in [0.29, 0.717) is 11.6 Å². The van der Waals surface area contributed by atoms with Gasteiger partial charge in [-0.2, -0.15) is 0 Å². The summed E-state index contributed by atoms with van der Waals surface area (Å²) in [7, 11) is 0. The van der Waals surface area contributed by atoms with Crippen LogP contribution in [-0.2, 0) is 12.8 Å². The number of hydrogen-bond donors (Lipinski definition) is 1. The lowest BCUT2D eigenvalue weighted by Gasteiger charge is -2.37. The minimum atomic E-state index is -0.0197. The molecule has 0 aromatic carbocycles. The molecule has 0 bridgehead atoms. The largest absolute Gasteiger partial charge is 0.459 e. The highest BCUT2D eigenvalue weighted by Gasteiger charge is 2.24. The Morgan fingerprint density at radius 3 is 2.97 bits per heavy atom. The van der Waals surface area contributed by atoms with Crippen LogP contribution in [0.4, 0.5) is 5.69 Å². The number of anilines is 1. The highest BCUT2D eigenvalue weighted by molar-refractivity contribution is 5.98. The summed E-state index contributed by atoms with van der Waals surface area (Å²) >= 11 is 0. The van der Waals surface area contributed by atoms with Crippen molar-refractivity contribution in [2.45, 2.75) is 45.6 Å². The Labute approximate surface area is 171 Å². The van der Waals surface area contributed by atoms with Crippen LogP contribution in [0.2, 0.25) is 0 Å². The predicted molar refractivity (Wildman–Crippen MR) is 114 cm³/mol. The van der Waals surface area contributed by atoms with Crippen molar-refractivity contribution < 1.29 is 9.21 Å². The Hall–Kier alpha value is -2.73. The van der Waals surface area contributed by atoms with Gasteiger partial charge in [-0.1, -0.05) is 13.8 Å². The zero-order valence-corrected chi connectivity index (χ0v) is 17.1. The number of carbonyl (C=O) groups excluding carboxylic acids is 1. The van der Waals surface area contributed by atoms with Gasteiger partial charge in [-0.15, -0.1) is 0 Å². The van der Waals surface area contributed by atoms with Gasteiger partial charge in [0.05, 0.1) is 0 Å². The van der Waals surface area contributed by atoms with Crippen LogP contribution >= 0.6 is 0 Å². The molecule has 0 spiro atoms. The smallest absolute Gasteiger partial charge is 0.185 e.